The van der Waals surface area contributed by atoms with Gasteiger partial charge in [0.25, 0.3) is 0 Å². The minimum atomic E-state index is 0.119. The van der Waals surface area contributed by atoms with E-state index in [4.69, 9.17) is 15.9 Å². The second kappa shape index (κ2) is 26.5. The lowest BCUT2D eigenvalue weighted by Gasteiger charge is -2.32. The highest BCUT2D eigenvalue weighted by Crippen LogP contribution is 2.19. The number of pyridine rings is 3. The van der Waals surface area contributed by atoms with E-state index in [1.807, 2.05) is 43.1 Å². The lowest BCUT2D eigenvalue weighted by molar-refractivity contribution is 0.130. The van der Waals surface area contributed by atoms with Crippen LogP contribution in [0, 0.1) is 11.3 Å². The van der Waals surface area contributed by atoms with Gasteiger partial charge in [-0.25, -0.2) is 0 Å². The molecular weight excluding hydrogens is 701 g/mol. The van der Waals surface area contributed by atoms with Gasteiger partial charge in [-0.05, 0) is 108 Å². The third-order valence-corrected chi connectivity index (χ3v) is 11.0. The van der Waals surface area contributed by atoms with Crippen molar-refractivity contribution in [3.8, 4) is 0 Å². The molecule has 310 valence electrons. The summed E-state index contributed by atoms with van der Waals surface area (Å²) in [5.74, 6) is 0.923. The Balaban J connectivity index is 0.000000166. The number of ether oxygens (including phenoxy) is 1. The van der Waals surface area contributed by atoms with Gasteiger partial charge in [-0.3, -0.25) is 35.1 Å². The maximum Gasteiger partial charge on any atom is 0.117 e. The van der Waals surface area contributed by atoms with Crippen molar-refractivity contribution in [2.45, 2.75) is 38.9 Å². The second-order valence-corrected chi connectivity index (χ2v) is 15.9. The Morgan fingerprint density at radius 3 is 1.64 bits per heavy atom. The first-order valence-corrected chi connectivity index (χ1v) is 20.7. The molecule has 4 saturated heterocycles. The number of hydrogen-bond donors (Lipinski definition) is 2. The first-order valence-electron chi connectivity index (χ1n) is 20.7. The Morgan fingerprint density at radius 2 is 1.14 bits per heavy atom. The molecule has 0 saturated carbocycles. The monoisotopic (exact) mass is 773 g/mol. The third-order valence-electron chi connectivity index (χ3n) is 11.0. The van der Waals surface area contributed by atoms with E-state index in [0.717, 1.165) is 51.7 Å². The largest absolute Gasteiger partial charge is 0.386 e. The van der Waals surface area contributed by atoms with E-state index in [9.17, 15) is 0 Å². The Labute approximate surface area is 338 Å². The maximum absolute atomic E-state index is 6.99. The first-order chi connectivity index (χ1) is 27.2. The van der Waals surface area contributed by atoms with Crippen LogP contribution in [0.5, 0.6) is 0 Å². The van der Waals surface area contributed by atoms with Crippen molar-refractivity contribution in [2.75, 3.05) is 133 Å². The molecule has 0 radical (unpaired) electrons. The van der Waals surface area contributed by atoms with Gasteiger partial charge in [0, 0.05) is 136 Å². The SMILES string of the molecule is CN1CCC(CCOCC(=N)N)CC1.CN1CCN(Cc2ccccn2)CC1.CN1CCN(Cc2cccnc2)CC1.CN1CCN(Cc2ccncc2)CC1. The molecule has 0 aliphatic carbocycles. The lowest BCUT2D eigenvalue weighted by Crippen LogP contribution is -2.43. The maximum atomic E-state index is 6.99. The summed E-state index contributed by atoms with van der Waals surface area (Å²) in [6.07, 6.45) is 13.1. The van der Waals surface area contributed by atoms with Gasteiger partial charge in [0.05, 0.1) is 5.69 Å². The van der Waals surface area contributed by atoms with Crippen LogP contribution in [0.3, 0.4) is 0 Å². The minimum Gasteiger partial charge on any atom is -0.386 e. The van der Waals surface area contributed by atoms with E-state index in [2.05, 4.69) is 108 Å². The number of nitrogens with two attached hydrogens (primary N) is 1. The normalized spacial score (nSPS) is 19.8. The molecule has 0 bridgehead atoms. The van der Waals surface area contributed by atoms with Crippen molar-refractivity contribution in [3.05, 3.63) is 90.3 Å². The molecule has 3 aromatic rings. The number of piperidine rings is 1. The predicted octanol–water partition coefficient (Wildman–Crippen LogP) is 3.16. The van der Waals surface area contributed by atoms with Gasteiger partial charge in [-0.1, -0.05) is 12.1 Å². The molecule has 4 fully saturated rings. The summed E-state index contributed by atoms with van der Waals surface area (Å²) in [6.45, 7) is 20.6. The van der Waals surface area contributed by atoms with Gasteiger partial charge in [-0.2, -0.15) is 0 Å². The molecule has 7 heterocycles. The van der Waals surface area contributed by atoms with Gasteiger partial charge in [0.2, 0.25) is 0 Å². The zero-order chi connectivity index (χ0) is 39.8. The van der Waals surface area contributed by atoms with E-state index in [1.54, 1.807) is 0 Å². The lowest BCUT2D eigenvalue weighted by atomic mass is 9.94. The molecule has 0 unspecified atom stereocenters. The average Bonchev–Trinajstić information content (AvgIpc) is 3.22. The fourth-order valence-corrected chi connectivity index (χ4v) is 7.02. The number of piperazine rings is 3. The number of likely N-dealkylation sites (tertiary alicyclic amines) is 1. The zero-order valence-electron chi connectivity index (χ0n) is 35.0. The number of nitrogens with zero attached hydrogens (tertiary/aromatic N) is 10. The molecule has 7 rings (SSSR count). The van der Waals surface area contributed by atoms with Crippen LogP contribution < -0.4 is 5.73 Å². The summed E-state index contributed by atoms with van der Waals surface area (Å²) in [5, 5.41) is 6.99. The van der Waals surface area contributed by atoms with Crippen LogP contribution in [-0.4, -0.2) is 188 Å². The Bertz CT molecular complexity index is 1270. The second-order valence-electron chi connectivity index (χ2n) is 15.9. The van der Waals surface area contributed by atoms with Crippen molar-refractivity contribution in [2.24, 2.45) is 11.7 Å². The van der Waals surface area contributed by atoms with Crippen LogP contribution >= 0.6 is 0 Å². The molecule has 0 atom stereocenters. The summed E-state index contributed by atoms with van der Waals surface area (Å²) in [5.41, 5.74) is 9.04. The van der Waals surface area contributed by atoms with E-state index in [1.165, 1.54) is 108 Å². The summed E-state index contributed by atoms with van der Waals surface area (Å²) < 4.78 is 5.26. The highest BCUT2D eigenvalue weighted by molar-refractivity contribution is 5.78. The first kappa shape index (κ1) is 45.3. The molecule has 0 spiro atoms. The van der Waals surface area contributed by atoms with Gasteiger partial charge in [0.15, 0.2) is 0 Å². The van der Waals surface area contributed by atoms with Crippen LogP contribution in [0.2, 0.25) is 0 Å². The van der Waals surface area contributed by atoms with Gasteiger partial charge in [-0.15, -0.1) is 0 Å². The number of nitrogens with one attached hydrogen (secondary N) is 1. The zero-order valence-corrected chi connectivity index (χ0v) is 35.0. The van der Waals surface area contributed by atoms with Crippen molar-refractivity contribution in [1.29, 1.82) is 5.41 Å². The summed E-state index contributed by atoms with van der Waals surface area (Å²) in [4.78, 5) is 29.4. The average molecular weight is 773 g/mol. The molecule has 4 aliphatic rings. The highest BCUT2D eigenvalue weighted by atomic mass is 16.5. The van der Waals surface area contributed by atoms with Crippen LogP contribution in [0.15, 0.2) is 73.4 Å². The van der Waals surface area contributed by atoms with Gasteiger partial charge in [0.1, 0.15) is 12.4 Å². The highest BCUT2D eigenvalue weighted by Gasteiger charge is 2.17. The Hall–Kier alpha value is -3.40. The molecule has 13 nitrogen and oxygen atoms in total. The Morgan fingerprint density at radius 1 is 0.607 bits per heavy atom. The van der Waals surface area contributed by atoms with Crippen molar-refractivity contribution in [3.63, 3.8) is 0 Å². The molecule has 56 heavy (non-hydrogen) atoms. The smallest absolute Gasteiger partial charge is 0.117 e. The molecular formula is C43H72N12O. The molecule has 3 N–H and O–H groups in total. The van der Waals surface area contributed by atoms with Crippen LogP contribution in [0.4, 0.5) is 0 Å². The quantitative estimate of drug-likeness (QED) is 0.169. The molecule has 4 aliphatic heterocycles. The standard InChI is InChI=1S/3C11H17N3.C10H21N3O/c1-13-6-8-14(9-7-13)10-11-2-4-12-5-3-11;1-13-5-7-14(8-6-13)10-11-3-2-4-12-9-11;1-13-6-8-14(9-7-13)10-11-4-2-3-5-12-11;1-13-5-2-9(3-6-13)4-7-14-8-10(11)12/h2-5H,6-10H2,1H3;2-4,9H,5-8,10H2,1H3;2-5H,6-10H2,1H3;9H,2-8H2,1H3,(H3,11,12). The molecule has 0 aromatic carbocycles. The number of likely N-dealkylation sites (N-methyl/N-ethyl adjacent to an activating group) is 3. The fourth-order valence-electron chi connectivity index (χ4n) is 7.02. The molecule has 13 heteroatoms. The van der Waals surface area contributed by atoms with E-state index in [0.29, 0.717) is 0 Å². The summed E-state index contributed by atoms with van der Waals surface area (Å²) in [7, 11) is 8.71. The number of hydrogen-bond acceptors (Lipinski definition) is 12. The Kier molecular flexibility index (Phi) is 21.4. The van der Waals surface area contributed by atoms with E-state index in [-0.39, 0.29) is 12.4 Å². The van der Waals surface area contributed by atoms with Gasteiger partial charge >= 0.3 is 0 Å². The van der Waals surface area contributed by atoms with E-state index >= 15 is 0 Å². The topological polar surface area (TPSA) is 120 Å². The summed E-state index contributed by atoms with van der Waals surface area (Å²) in [6, 6.07) is 14.5. The predicted molar refractivity (Wildman–Crippen MR) is 229 cm³/mol. The third kappa shape index (κ3) is 19.6. The number of amidine groups is 1. The van der Waals surface area contributed by atoms with Crippen LogP contribution in [0.25, 0.3) is 0 Å². The minimum absolute atomic E-state index is 0.119. The van der Waals surface area contributed by atoms with Crippen LogP contribution in [-0.2, 0) is 24.4 Å². The van der Waals surface area contributed by atoms with Crippen molar-refractivity contribution >= 4 is 5.84 Å². The summed E-state index contributed by atoms with van der Waals surface area (Å²) >= 11 is 0. The molecule has 0 amide bonds. The van der Waals surface area contributed by atoms with Crippen molar-refractivity contribution < 1.29 is 4.74 Å². The van der Waals surface area contributed by atoms with E-state index < -0.39 is 0 Å². The molecule has 3 aromatic heterocycles. The van der Waals surface area contributed by atoms with Crippen LogP contribution in [0.1, 0.15) is 36.1 Å². The number of aromatic nitrogens is 3. The number of rotatable bonds is 11. The van der Waals surface area contributed by atoms with Gasteiger partial charge < -0.3 is 30.1 Å². The van der Waals surface area contributed by atoms with Crippen molar-refractivity contribution in [1.82, 2.24) is 49.3 Å². The fraction of sp³-hybridized carbons (Fsp3) is 0.628.